The maximum atomic E-state index is 12.0. The number of carbonyl (C=O) groups excluding carboxylic acids is 2. The highest BCUT2D eigenvalue weighted by atomic mass is 32.2. The quantitative estimate of drug-likeness (QED) is 0.754. The minimum atomic E-state index is -3.82. The smallest absolute Gasteiger partial charge is 0.338 e. The molecule has 23 heavy (non-hydrogen) atoms. The first-order valence-corrected chi connectivity index (χ1v) is 8.51. The zero-order valence-corrected chi connectivity index (χ0v) is 13.4. The fraction of sp³-hybridized carbons (Fsp3) is 0.429. The molecule has 1 aliphatic rings. The molecule has 0 radical (unpaired) electrons. The van der Waals surface area contributed by atoms with Crippen molar-refractivity contribution in [3.63, 3.8) is 0 Å². The number of amides is 1. The first-order valence-electron chi connectivity index (χ1n) is 6.97. The summed E-state index contributed by atoms with van der Waals surface area (Å²) in [5.74, 6) is -1.00. The molecular weight excluding hydrogens is 324 g/mol. The van der Waals surface area contributed by atoms with Gasteiger partial charge in [-0.3, -0.25) is 4.79 Å². The lowest BCUT2D eigenvalue weighted by molar-refractivity contribution is -0.141. The van der Waals surface area contributed by atoms with Gasteiger partial charge in [-0.2, -0.15) is 0 Å². The van der Waals surface area contributed by atoms with E-state index in [9.17, 15) is 18.0 Å². The van der Waals surface area contributed by atoms with Crippen molar-refractivity contribution in [2.24, 2.45) is 5.14 Å². The molecule has 1 aliphatic heterocycles. The first kappa shape index (κ1) is 17.4. The molecule has 126 valence electrons. The highest BCUT2D eigenvalue weighted by Gasteiger charge is 2.22. The van der Waals surface area contributed by atoms with Crippen molar-refractivity contribution in [1.82, 2.24) is 4.90 Å². The van der Waals surface area contributed by atoms with Crippen LogP contribution >= 0.6 is 0 Å². The molecule has 0 bridgehead atoms. The Morgan fingerprint density at radius 2 is 2.00 bits per heavy atom. The van der Waals surface area contributed by atoms with Crippen molar-refractivity contribution < 1.29 is 27.5 Å². The standard InChI is InChI=1S/C14H18N2O6S/c1-10-8-16(6-7-21-10)13(17)9-22-14(18)11-2-4-12(5-3-11)23(15,19)20/h2-5,10H,6-9H2,1H3,(H2,15,19,20). The molecule has 8 nitrogen and oxygen atoms in total. The van der Waals surface area contributed by atoms with Gasteiger partial charge in [0.25, 0.3) is 5.91 Å². The van der Waals surface area contributed by atoms with Crippen molar-refractivity contribution in [3.8, 4) is 0 Å². The Hall–Kier alpha value is -1.97. The minimum Gasteiger partial charge on any atom is -0.452 e. The SMILES string of the molecule is CC1CN(C(=O)COC(=O)c2ccc(S(N)(=O)=O)cc2)CCO1. The highest BCUT2D eigenvalue weighted by molar-refractivity contribution is 7.89. The van der Waals surface area contributed by atoms with E-state index in [-0.39, 0.29) is 29.1 Å². The molecule has 1 unspecified atom stereocenters. The Kier molecular flexibility index (Phi) is 5.34. The Bertz CT molecular complexity index is 686. The van der Waals surface area contributed by atoms with Gasteiger partial charge in [0.1, 0.15) is 0 Å². The van der Waals surface area contributed by atoms with Gasteiger partial charge >= 0.3 is 5.97 Å². The normalized spacial score (nSPS) is 18.5. The number of rotatable bonds is 4. The maximum absolute atomic E-state index is 12.0. The Morgan fingerprint density at radius 3 is 2.57 bits per heavy atom. The van der Waals surface area contributed by atoms with Crippen LogP contribution in [0, 0.1) is 0 Å². The van der Waals surface area contributed by atoms with Gasteiger partial charge in [-0.25, -0.2) is 18.4 Å². The second-order valence-electron chi connectivity index (χ2n) is 5.17. The third-order valence-electron chi connectivity index (χ3n) is 3.34. The largest absolute Gasteiger partial charge is 0.452 e. The van der Waals surface area contributed by atoms with Crippen LogP contribution in [0.1, 0.15) is 17.3 Å². The van der Waals surface area contributed by atoms with E-state index in [4.69, 9.17) is 14.6 Å². The molecule has 0 aliphatic carbocycles. The minimum absolute atomic E-state index is 0.0471. The number of nitrogens with zero attached hydrogens (tertiary/aromatic N) is 1. The fourth-order valence-electron chi connectivity index (χ4n) is 2.13. The molecule has 0 spiro atoms. The number of primary sulfonamides is 1. The summed E-state index contributed by atoms with van der Waals surface area (Å²) < 4.78 is 32.5. The second-order valence-corrected chi connectivity index (χ2v) is 6.73. The first-order chi connectivity index (χ1) is 10.8. The topological polar surface area (TPSA) is 116 Å². The Labute approximate surface area is 134 Å². The van der Waals surface area contributed by atoms with Gasteiger partial charge < -0.3 is 14.4 Å². The molecule has 2 rings (SSSR count). The summed E-state index contributed by atoms with van der Waals surface area (Å²) in [6, 6.07) is 4.97. The van der Waals surface area contributed by atoms with E-state index in [1.807, 2.05) is 6.92 Å². The summed E-state index contributed by atoms with van der Waals surface area (Å²) in [5.41, 5.74) is 0.139. The van der Waals surface area contributed by atoms with Gasteiger partial charge in [0.2, 0.25) is 10.0 Å². The van der Waals surface area contributed by atoms with Gasteiger partial charge in [0, 0.05) is 13.1 Å². The second kappa shape index (κ2) is 7.07. The van der Waals surface area contributed by atoms with Crippen LogP contribution in [0.25, 0.3) is 0 Å². The number of ether oxygens (including phenoxy) is 2. The predicted octanol–water partition coefficient (Wildman–Crippen LogP) is -0.262. The summed E-state index contributed by atoms with van der Waals surface area (Å²) in [6.07, 6.45) is -0.0471. The van der Waals surface area contributed by atoms with Gasteiger partial charge in [-0.05, 0) is 31.2 Å². The van der Waals surface area contributed by atoms with Gasteiger partial charge in [0.05, 0.1) is 23.2 Å². The lowest BCUT2D eigenvalue weighted by Gasteiger charge is -2.30. The number of sulfonamides is 1. The Morgan fingerprint density at radius 1 is 1.35 bits per heavy atom. The van der Waals surface area contributed by atoms with E-state index in [1.165, 1.54) is 24.3 Å². The molecule has 1 saturated heterocycles. The van der Waals surface area contributed by atoms with Gasteiger partial charge in [-0.1, -0.05) is 0 Å². The highest BCUT2D eigenvalue weighted by Crippen LogP contribution is 2.10. The summed E-state index contributed by atoms with van der Waals surface area (Å²) >= 11 is 0. The van der Waals surface area contributed by atoms with Gasteiger partial charge in [-0.15, -0.1) is 0 Å². The third kappa shape index (κ3) is 4.75. The van der Waals surface area contributed by atoms with Crippen LogP contribution in [0.3, 0.4) is 0 Å². The monoisotopic (exact) mass is 342 g/mol. The number of morpholine rings is 1. The summed E-state index contributed by atoms with van der Waals surface area (Å²) in [7, 11) is -3.82. The van der Waals surface area contributed by atoms with Gasteiger partial charge in [0.15, 0.2) is 6.61 Å². The van der Waals surface area contributed by atoms with Crippen LogP contribution in [0.4, 0.5) is 0 Å². The van der Waals surface area contributed by atoms with Crippen molar-refractivity contribution in [3.05, 3.63) is 29.8 Å². The molecule has 1 amide bonds. The number of hydrogen-bond acceptors (Lipinski definition) is 6. The van der Waals surface area contributed by atoms with Crippen molar-refractivity contribution in [1.29, 1.82) is 0 Å². The molecule has 1 heterocycles. The van der Waals surface area contributed by atoms with E-state index in [1.54, 1.807) is 4.90 Å². The van der Waals surface area contributed by atoms with Crippen molar-refractivity contribution >= 4 is 21.9 Å². The summed E-state index contributed by atoms with van der Waals surface area (Å²) in [4.78, 5) is 25.3. The number of carbonyl (C=O) groups is 2. The molecule has 1 fully saturated rings. The van der Waals surface area contributed by atoms with Crippen LogP contribution in [-0.2, 0) is 24.3 Å². The maximum Gasteiger partial charge on any atom is 0.338 e. The predicted molar refractivity (Wildman–Crippen MR) is 80.1 cm³/mol. The van der Waals surface area contributed by atoms with E-state index in [2.05, 4.69) is 0 Å². The van der Waals surface area contributed by atoms with Crippen molar-refractivity contribution in [2.75, 3.05) is 26.3 Å². The molecule has 1 aromatic carbocycles. The lowest BCUT2D eigenvalue weighted by Crippen LogP contribution is -2.46. The zero-order chi connectivity index (χ0) is 17.0. The third-order valence-corrected chi connectivity index (χ3v) is 4.27. The average molecular weight is 342 g/mol. The summed E-state index contributed by atoms with van der Waals surface area (Å²) in [6.45, 7) is 2.86. The van der Waals surface area contributed by atoms with E-state index in [0.29, 0.717) is 19.7 Å². The van der Waals surface area contributed by atoms with Crippen LogP contribution in [0.2, 0.25) is 0 Å². The molecule has 1 aromatic rings. The van der Waals surface area contributed by atoms with Crippen LogP contribution in [0.15, 0.2) is 29.2 Å². The van der Waals surface area contributed by atoms with E-state index in [0.717, 1.165) is 0 Å². The van der Waals surface area contributed by atoms with Crippen LogP contribution in [-0.4, -0.2) is 57.6 Å². The number of nitrogens with two attached hydrogens (primary N) is 1. The average Bonchev–Trinajstić information content (AvgIpc) is 2.51. The van der Waals surface area contributed by atoms with E-state index >= 15 is 0 Å². The molecule has 2 N–H and O–H groups in total. The molecular formula is C14H18N2O6S. The fourth-order valence-corrected chi connectivity index (χ4v) is 2.64. The molecule has 0 saturated carbocycles. The molecule has 1 atom stereocenters. The molecule has 9 heteroatoms. The zero-order valence-electron chi connectivity index (χ0n) is 12.6. The number of hydrogen-bond donors (Lipinski definition) is 1. The van der Waals surface area contributed by atoms with E-state index < -0.39 is 16.0 Å². The Balaban J connectivity index is 1.90. The van der Waals surface area contributed by atoms with Crippen molar-refractivity contribution in [2.45, 2.75) is 17.9 Å². The summed E-state index contributed by atoms with van der Waals surface area (Å²) in [5, 5.41) is 4.97. The molecule has 0 aromatic heterocycles. The van der Waals surface area contributed by atoms with Crippen LogP contribution in [0.5, 0.6) is 0 Å². The lowest BCUT2D eigenvalue weighted by atomic mass is 10.2. The number of esters is 1. The number of benzene rings is 1. The van der Waals surface area contributed by atoms with Crippen LogP contribution < -0.4 is 5.14 Å².